The third-order valence-corrected chi connectivity index (χ3v) is 3.37. The lowest BCUT2D eigenvalue weighted by molar-refractivity contribution is 0.197. The zero-order valence-electron chi connectivity index (χ0n) is 10.5. The fourth-order valence-corrected chi connectivity index (χ4v) is 2.61. The van der Waals surface area contributed by atoms with Crippen molar-refractivity contribution in [1.29, 1.82) is 0 Å². The standard InChI is InChI=1S/C12H23N3O/c1-12(2,3)14-11(16)15-7-9-5-4-6-13-10(9)8-15/h9-10,13H,4-8H2,1-3H3,(H,14,16). The molecule has 92 valence electrons. The first kappa shape index (κ1) is 11.7. The maximum absolute atomic E-state index is 12.0. The molecule has 2 aliphatic rings. The molecule has 4 nitrogen and oxygen atoms in total. The highest BCUT2D eigenvalue weighted by Gasteiger charge is 2.36. The average Bonchev–Trinajstić information content (AvgIpc) is 2.58. The van der Waals surface area contributed by atoms with Crippen LogP contribution in [0.1, 0.15) is 33.6 Å². The monoisotopic (exact) mass is 225 g/mol. The summed E-state index contributed by atoms with van der Waals surface area (Å²) in [6.45, 7) is 8.95. The summed E-state index contributed by atoms with van der Waals surface area (Å²) in [6, 6.07) is 0.614. The number of hydrogen-bond acceptors (Lipinski definition) is 2. The zero-order chi connectivity index (χ0) is 11.8. The summed E-state index contributed by atoms with van der Waals surface area (Å²) in [5.41, 5.74) is -0.141. The van der Waals surface area contributed by atoms with Crippen LogP contribution in [0.5, 0.6) is 0 Å². The highest BCUT2D eigenvalue weighted by molar-refractivity contribution is 5.75. The van der Waals surface area contributed by atoms with E-state index in [9.17, 15) is 4.79 Å². The number of rotatable bonds is 0. The van der Waals surface area contributed by atoms with E-state index in [-0.39, 0.29) is 11.6 Å². The fraction of sp³-hybridized carbons (Fsp3) is 0.917. The molecule has 2 heterocycles. The van der Waals surface area contributed by atoms with E-state index < -0.39 is 0 Å². The van der Waals surface area contributed by atoms with Crippen molar-refractivity contribution in [1.82, 2.24) is 15.5 Å². The number of piperidine rings is 1. The third kappa shape index (κ3) is 2.67. The molecule has 0 spiro atoms. The number of likely N-dealkylation sites (tertiary alicyclic amines) is 1. The molecule has 2 atom stereocenters. The lowest BCUT2D eigenvalue weighted by Crippen LogP contribution is -2.48. The number of hydrogen-bond donors (Lipinski definition) is 2. The number of nitrogens with one attached hydrogen (secondary N) is 2. The number of fused-ring (bicyclic) bond motifs is 1. The van der Waals surface area contributed by atoms with E-state index in [4.69, 9.17) is 0 Å². The van der Waals surface area contributed by atoms with Crippen LogP contribution in [0.4, 0.5) is 4.79 Å². The summed E-state index contributed by atoms with van der Waals surface area (Å²) < 4.78 is 0. The Hall–Kier alpha value is -0.770. The second kappa shape index (κ2) is 4.24. The van der Waals surface area contributed by atoms with Gasteiger partial charge in [-0.25, -0.2) is 4.79 Å². The van der Waals surface area contributed by atoms with Crippen molar-refractivity contribution in [3.8, 4) is 0 Å². The van der Waals surface area contributed by atoms with Gasteiger partial charge in [0.15, 0.2) is 0 Å². The van der Waals surface area contributed by atoms with Crippen LogP contribution < -0.4 is 10.6 Å². The number of carbonyl (C=O) groups is 1. The van der Waals surface area contributed by atoms with Crippen LogP contribution in [0.25, 0.3) is 0 Å². The van der Waals surface area contributed by atoms with E-state index in [2.05, 4.69) is 10.6 Å². The van der Waals surface area contributed by atoms with E-state index in [1.807, 2.05) is 25.7 Å². The Morgan fingerprint density at radius 1 is 1.38 bits per heavy atom. The Kier molecular flexibility index (Phi) is 3.10. The van der Waals surface area contributed by atoms with Crippen LogP contribution in [0.15, 0.2) is 0 Å². The molecule has 0 radical (unpaired) electrons. The molecule has 2 N–H and O–H groups in total. The SMILES string of the molecule is CC(C)(C)NC(=O)N1CC2CCCNC2C1. The van der Waals surface area contributed by atoms with Gasteiger partial charge in [0, 0.05) is 24.7 Å². The molecule has 16 heavy (non-hydrogen) atoms. The Balaban J connectivity index is 1.90. The highest BCUT2D eigenvalue weighted by atomic mass is 16.2. The molecule has 0 aromatic heterocycles. The first-order valence-electron chi connectivity index (χ1n) is 6.26. The van der Waals surface area contributed by atoms with Crippen molar-refractivity contribution in [3.63, 3.8) is 0 Å². The van der Waals surface area contributed by atoms with Crippen LogP contribution in [0, 0.1) is 5.92 Å². The lowest BCUT2D eigenvalue weighted by atomic mass is 9.94. The van der Waals surface area contributed by atoms with Gasteiger partial charge >= 0.3 is 6.03 Å². The predicted molar refractivity (Wildman–Crippen MR) is 64.4 cm³/mol. The first-order valence-corrected chi connectivity index (χ1v) is 6.26. The summed E-state index contributed by atoms with van der Waals surface area (Å²) in [5.74, 6) is 0.666. The Morgan fingerprint density at radius 3 is 2.75 bits per heavy atom. The molecule has 0 bridgehead atoms. The van der Waals surface area contributed by atoms with Gasteiger partial charge in [-0.3, -0.25) is 0 Å². The summed E-state index contributed by atoms with van der Waals surface area (Å²) in [6.07, 6.45) is 2.51. The van der Waals surface area contributed by atoms with Crippen molar-refractivity contribution in [3.05, 3.63) is 0 Å². The van der Waals surface area contributed by atoms with Crippen LogP contribution in [-0.4, -0.2) is 42.1 Å². The maximum atomic E-state index is 12.0. The number of urea groups is 1. The average molecular weight is 225 g/mol. The summed E-state index contributed by atoms with van der Waals surface area (Å²) >= 11 is 0. The van der Waals surface area contributed by atoms with Gasteiger partial charge in [0.05, 0.1) is 0 Å². The van der Waals surface area contributed by atoms with E-state index in [0.717, 1.165) is 19.6 Å². The van der Waals surface area contributed by atoms with E-state index in [1.54, 1.807) is 0 Å². The number of amides is 2. The molecular formula is C12H23N3O. The van der Waals surface area contributed by atoms with E-state index in [0.29, 0.717) is 12.0 Å². The Labute approximate surface area is 97.8 Å². The van der Waals surface area contributed by atoms with Crippen LogP contribution in [0.3, 0.4) is 0 Å². The van der Waals surface area contributed by atoms with Crippen molar-refractivity contribution in [2.45, 2.75) is 45.2 Å². The van der Waals surface area contributed by atoms with Gasteiger partial charge in [-0.15, -0.1) is 0 Å². The Morgan fingerprint density at radius 2 is 2.12 bits per heavy atom. The first-order chi connectivity index (χ1) is 7.46. The van der Waals surface area contributed by atoms with Gasteiger partial charge in [0.1, 0.15) is 0 Å². The van der Waals surface area contributed by atoms with Gasteiger partial charge in [0.25, 0.3) is 0 Å². The van der Waals surface area contributed by atoms with E-state index in [1.165, 1.54) is 12.8 Å². The Bertz CT molecular complexity index is 258. The molecule has 2 fully saturated rings. The van der Waals surface area contributed by atoms with Crippen molar-refractivity contribution >= 4 is 6.03 Å². The van der Waals surface area contributed by atoms with Crippen molar-refractivity contribution < 1.29 is 4.79 Å². The molecule has 0 aromatic rings. The fourth-order valence-electron chi connectivity index (χ4n) is 2.61. The van der Waals surface area contributed by atoms with Gasteiger partial charge in [-0.05, 0) is 46.1 Å². The number of carbonyl (C=O) groups excluding carboxylic acids is 1. The highest BCUT2D eigenvalue weighted by Crippen LogP contribution is 2.24. The maximum Gasteiger partial charge on any atom is 0.317 e. The molecule has 0 aliphatic carbocycles. The molecule has 2 unspecified atom stereocenters. The zero-order valence-corrected chi connectivity index (χ0v) is 10.5. The lowest BCUT2D eigenvalue weighted by Gasteiger charge is -2.25. The second-order valence-electron chi connectivity index (χ2n) is 6.05. The smallest absolute Gasteiger partial charge is 0.317 e. The van der Waals surface area contributed by atoms with Crippen molar-refractivity contribution in [2.24, 2.45) is 5.92 Å². The largest absolute Gasteiger partial charge is 0.333 e. The minimum absolute atomic E-state index is 0.0868. The summed E-state index contributed by atoms with van der Waals surface area (Å²) in [5, 5.41) is 6.54. The summed E-state index contributed by atoms with van der Waals surface area (Å²) in [4.78, 5) is 13.9. The quantitative estimate of drug-likeness (QED) is 0.650. The van der Waals surface area contributed by atoms with Gasteiger partial charge in [-0.1, -0.05) is 0 Å². The second-order valence-corrected chi connectivity index (χ2v) is 6.05. The van der Waals surface area contributed by atoms with Gasteiger partial charge in [-0.2, -0.15) is 0 Å². The minimum Gasteiger partial charge on any atom is -0.333 e. The molecule has 0 saturated carbocycles. The summed E-state index contributed by atoms with van der Waals surface area (Å²) in [7, 11) is 0. The van der Waals surface area contributed by atoms with Gasteiger partial charge in [0.2, 0.25) is 0 Å². The predicted octanol–water partition coefficient (Wildman–Crippen LogP) is 1.18. The molecule has 2 amide bonds. The molecular weight excluding hydrogens is 202 g/mol. The molecule has 2 saturated heterocycles. The third-order valence-electron chi connectivity index (χ3n) is 3.37. The van der Waals surface area contributed by atoms with Gasteiger partial charge < -0.3 is 15.5 Å². The van der Waals surface area contributed by atoms with Crippen LogP contribution >= 0.6 is 0 Å². The minimum atomic E-state index is -0.141. The topological polar surface area (TPSA) is 44.4 Å². The van der Waals surface area contributed by atoms with Crippen molar-refractivity contribution in [2.75, 3.05) is 19.6 Å². The molecule has 0 aromatic carbocycles. The van der Waals surface area contributed by atoms with Crippen LogP contribution in [0.2, 0.25) is 0 Å². The van der Waals surface area contributed by atoms with Crippen LogP contribution in [-0.2, 0) is 0 Å². The molecule has 2 rings (SSSR count). The molecule has 4 heteroatoms. The normalized spacial score (nSPS) is 30.1. The number of nitrogens with zero attached hydrogens (tertiary/aromatic N) is 1. The molecule has 2 aliphatic heterocycles. The van der Waals surface area contributed by atoms with E-state index >= 15 is 0 Å².